The molecule has 0 unspecified atom stereocenters. The van der Waals surface area contributed by atoms with Crippen molar-refractivity contribution in [2.75, 3.05) is 26.2 Å². The van der Waals surface area contributed by atoms with E-state index in [1.807, 2.05) is 20.8 Å². The number of hydrogen-bond donors (Lipinski definition) is 1. The summed E-state index contributed by atoms with van der Waals surface area (Å²) >= 11 is 0. The van der Waals surface area contributed by atoms with Gasteiger partial charge in [0.2, 0.25) is 0 Å². The number of nitrogens with zero attached hydrogens (tertiary/aromatic N) is 1. The summed E-state index contributed by atoms with van der Waals surface area (Å²) in [6.45, 7) is 13.0. The molecule has 4 heteroatoms. The third-order valence-electron chi connectivity index (χ3n) is 2.67. The van der Waals surface area contributed by atoms with Crippen LogP contribution in [-0.2, 0) is 9.47 Å². The Morgan fingerprint density at radius 1 is 1.29 bits per heavy atom. The van der Waals surface area contributed by atoms with Crippen molar-refractivity contribution in [3.05, 3.63) is 0 Å². The van der Waals surface area contributed by atoms with Crippen LogP contribution in [0.5, 0.6) is 0 Å². The summed E-state index contributed by atoms with van der Waals surface area (Å²) in [7, 11) is 0. The number of rotatable bonds is 4. The molecule has 1 heterocycles. The van der Waals surface area contributed by atoms with Gasteiger partial charge in [-0.1, -0.05) is 0 Å². The van der Waals surface area contributed by atoms with E-state index in [1.54, 1.807) is 0 Å². The number of β-amino-alcohol motifs (C(OH)–C–C–N with tert-alkyl or cyclic N) is 1. The van der Waals surface area contributed by atoms with Crippen LogP contribution in [0.4, 0.5) is 0 Å². The lowest BCUT2D eigenvalue weighted by Gasteiger charge is -2.36. The summed E-state index contributed by atoms with van der Waals surface area (Å²) in [6.07, 6.45) is 0.0655. The monoisotopic (exact) mass is 245 g/mol. The zero-order valence-electron chi connectivity index (χ0n) is 11.8. The van der Waals surface area contributed by atoms with E-state index >= 15 is 0 Å². The topological polar surface area (TPSA) is 41.9 Å². The molecule has 0 amide bonds. The Hall–Kier alpha value is -0.160. The van der Waals surface area contributed by atoms with Crippen molar-refractivity contribution in [1.29, 1.82) is 0 Å². The van der Waals surface area contributed by atoms with Gasteiger partial charge in [-0.15, -0.1) is 0 Å². The maximum atomic E-state index is 9.93. The number of aliphatic hydroxyl groups is 1. The van der Waals surface area contributed by atoms with Gasteiger partial charge in [-0.05, 0) is 34.6 Å². The van der Waals surface area contributed by atoms with Gasteiger partial charge in [0.15, 0.2) is 0 Å². The Kier molecular flexibility index (Phi) is 5.38. The molecule has 0 radical (unpaired) electrons. The van der Waals surface area contributed by atoms with Gasteiger partial charge in [-0.25, -0.2) is 0 Å². The van der Waals surface area contributed by atoms with Crippen molar-refractivity contribution in [2.45, 2.75) is 58.5 Å². The lowest BCUT2D eigenvalue weighted by Crippen LogP contribution is -2.48. The molecule has 1 rings (SSSR count). The predicted molar refractivity (Wildman–Crippen MR) is 68.2 cm³/mol. The molecule has 102 valence electrons. The fourth-order valence-electron chi connectivity index (χ4n) is 2.13. The van der Waals surface area contributed by atoms with Gasteiger partial charge in [0.1, 0.15) is 0 Å². The van der Waals surface area contributed by atoms with Gasteiger partial charge in [0, 0.05) is 19.6 Å². The van der Waals surface area contributed by atoms with E-state index in [4.69, 9.17) is 9.47 Å². The van der Waals surface area contributed by atoms with Gasteiger partial charge in [-0.3, -0.25) is 4.90 Å². The molecule has 0 aliphatic carbocycles. The van der Waals surface area contributed by atoms with Crippen LogP contribution in [0.25, 0.3) is 0 Å². The molecule has 0 saturated carbocycles. The second-order valence-electron chi connectivity index (χ2n) is 6.05. The lowest BCUT2D eigenvalue weighted by atomic mass is 10.2. The minimum absolute atomic E-state index is 0.188. The smallest absolute Gasteiger partial charge is 0.0900 e. The van der Waals surface area contributed by atoms with Crippen molar-refractivity contribution in [3.63, 3.8) is 0 Å². The summed E-state index contributed by atoms with van der Waals surface area (Å²) in [4.78, 5) is 2.25. The maximum absolute atomic E-state index is 9.93. The van der Waals surface area contributed by atoms with Gasteiger partial charge < -0.3 is 14.6 Å². The Morgan fingerprint density at radius 2 is 1.82 bits per heavy atom. The lowest BCUT2D eigenvalue weighted by molar-refractivity contribution is -0.0929. The van der Waals surface area contributed by atoms with Gasteiger partial charge in [0.05, 0.1) is 30.5 Å². The molecular weight excluding hydrogens is 218 g/mol. The van der Waals surface area contributed by atoms with Crippen LogP contribution in [0.1, 0.15) is 34.6 Å². The van der Waals surface area contributed by atoms with Crippen LogP contribution in [0.3, 0.4) is 0 Å². The standard InChI is InChI=1S/C13H27NO3/c1-10-6-14(7-11(2)17-10)8-12(15)9-16-13(3,4)5/h10-12,15H,6-9H2,1-5H3/t10-,11-,12+/m0/s1. The van der Waals surface area contributed by atoms with E-state index in [1.165, 1.54) is 0 Å². The second-order valence-corrected chi connectivity index (χ2v) is 6.05. The van der Waals surface area contributed by atoms with Gasteiger partial charge >= 0.3 is 0 Å². The molecule has 0 aromatic heterocycles. The third-order valence-corrected chi connectivity index (χ3v) is 2.67. The predicted octanol–water partition coefficient (Wildman–Crippen LogP) is 1.27. The molecule has 1 fully saturated rings. The quantitative estimate of drug-likeness (QED) is 0.810. The first-order valence-corrected chi connectivity index (χ1v) is 6.46. The normalized spacial score (nSPS) is 29.3. The SMILES string of the molecule is C[C@H]1CN(C[C@@H](O)COC(C)(C)C)C[C@H](C)O1. The van der Waals surface area contributed by atoms with Gasteiger partial charge in [0.25, 0.3) is 0 Å². The van der Waals surface area contributed by atoms with Crippen molar-refractivity contribution < 1.29 is 14.6 Å². The summed E-state index contributed by atoms with van der Waals surface area (Å²) in [5.74, 6) is 0. The number of hydrogen-bond acceptors (Lipinski definition) is 4. The largest absolute Gasteiger partial charge is 0.389 e. The average molecular weight is 245 g/mol. The van der Waals surface area contributed by atoms with E-state index in [2.05, 4.69) is 18.7 Å². The van der Waals surface area contributed by atoms with Crippen LogP contribution >= 0.6 is 0 Å². The summed E-state index contributed by atoms with van der Waals surface area (Å²) < 4.78 is 11.2. The highest BCUT2D eigenvalue weighted by Crippen LogP contribution is 2.12. The first kappa shape index (κ1) is 14.9. The van der Waals surface area contributed by atoms with E-state index in [9.17, 15) is 5.11 Å². The molecule has 17 heavy (non-hydrogen) atoms. The fraction of sp³-hybridized carbons (Fsp3) is 1.00. The number of morpholine rings is 1. The van der Waals surface area contributed by atoms with Crippen LogP contribution < -0.4 is 0 Å². The zero-order valence-corrected chi connectivity index (χ0v) is 11.8. The molecular formula is C13H27NO3. The highest BCUT2D eigenvalue weighted by atomic mass is 16.5. The van der Waals surface area contributed by atoms with Crippen molar-refractivity contribution in [1.82, 2.24) is 4.90 Å². The minimum Gasteiger partial charge on any atom is -0.389 e. The van der Waals surface area contributed by atoms with Crippen LogP contribution in [0, 0.1) is 0 Å². The molecule has 0 aromatic carbocycles. The third kappa shape index (κ3) is 6.36. The van der Waals surface area contributed by atoms with E-state index < -0.39 is 6.10 Å². The Labute approximate surface area is 105 Å². The van der Waals surface area contributed by atoms with Gasteiger partial charge in [-0.2, -0.15) is 0 Å². The molecule has 3 atom stereocenters. The van der Waals surface area contributed by atoms with Crippen molar-refractivity contribution in [3.8, 4) is 0 Å². The Morgan fingerprint density at radius 3 is 2.29 bits per heavy atom. The molecule has 0 aromatic rings. The summed E-state index contributed by atoms with van der Waals surface area (Å²) in [6, 6.07) is 0. The summed E-state index contributed by atoms with van der Waals surface area (Å²) in [5, 5.41) is 9.93. The molecule has 1 N–H and O–H groups in total. The fourth-order valence-corrected chi connectivity index (χ4v) is 2.13. The van der Waals surface area contributed by atoms with Crippen molar-refractivity contribution in [2.24, 2.45) is 0 Å². The molecule has 0 spiro atoms. The molecule has 4 nitrogen and oxygen atoms in total. The molecule has 1 aliphatic rings. The highest BCUT2D eigenvalue weighted by Gasteiger charge is 2.24. The van der Waals surface area contributed by atoms with Crippen LogP contribution in [0.15, 0.2) is 0 Å². The molecule has 0 bridgehead atoms. The molecule has 1 saturated heterocycles. The van der Waals surface area contributed by atoms with E-state index in [0.29, 0.717) is 13.2 Å². The van der Waals surface area contributed by atoms with Crippen molar-refractivity contribution >= 4 is 0 Å². The van der Waals surface area contributed by atoms with Crippen LogP contribution in [-0.4, -0.2) is 60.2 Å². The zero-order chi connectivity index (χ0) is 13.1. The first-order valence-electron chi connectivity index (χ1n) is 6.46. The second kappa shape index (κ2) is 6.14. The van der Waals surface area contributed by atoms with E-state index in [0.717, 1.165) is 13.1 Å². The van der Waals surface area contributed by atoms with Crippen LogP contribution in [0.2, 0.25) is 0 Å². The molecule has 1 aliphatic heterocycles. The number of aliphatic hydroxyl groups excluding tert-OH is 1. The summed E-state index contributed by atoms with van der Waals surface area (Å²) in [5.41, 5.74) is -0.188. The maximum Gasteiger partial charge on any atom is 0.0900 e. The Bertz CT molecular complexity index is 217. The minimum atomic E-state index is -0.424. The Balaban J connectivity index is 2.28. The number of ether oxygens (including phenoxy) is 2. The first-order chi connectivity index (χ1) is 7.76. The highest BCUT2D eigenvalue weighted by molar-refractivity contribution is 4.75. The average Bonchev–Trinajstić information content (AvgIpc) is 2.11. The van der Waals surface area contributed by atoms with E-state index in [-0.39, 0.29) is 17.8 Å².